The predicted molar refractivity (Wildman–Crippen MR) is 123 cm³/mol. The first-order chi connectivity index (χ1) is 15.3. The Kier molecular flexibility index (Phi) is 5.94. The van der Waals surface area contributed by atoms with Crippen LogP contribution in [0, 0.1) is 6.92 Å². The monoisotopic (exact) mass is 451 g/mol. The second-order valence-corrected chi connectivity index (χ2v) is 9.64. The molecule has 0 aliphatic carbocycles. The second-order valence-electron chi connectivity index (χ2n) is 7.78. The number of amides is 1. The maximum atomic E-state index is 12.1. The van der Waals surface area contributed by atoms with Crippen LogP contribution in [0.25, 0.3) is 11.3 Å². The van der Waals surface area contributed by atoms with Gasteiger partial charge < -0.3 is 11.1 Å². The Morgan fingerprint density at radius 3 is 2.72 bits per heavy atom. The lowest BCUT2D eigenvalue weighted by Gasteiger charge is -2.17. The molecule has 0 saturated carbocycles. The molecule has 1 aromatic heterocycles. The molecule has 1 amide bonds. The van der Waals surface area contributed by atoms with Crippen LogP contribution in [0.4, 0.5) is 5.82 Å². The van der Waals surface area contributed by atoms with Crippen LogP contribution in [0.15, 0.2) is 47.5 Å². The van der Waals surface area contributed by atoms with E-state index in [4.69, 9.17) is 10.7 Å². The minimum Gasteiger partial charge on any atom is -0.382 e. The molecule has 0 unspecified atom stereocenters. The van der Waals surface area contributed by atoms with E-state index in [1.807, 2.05) is 24.3 Å². The van der Waals surface area contributed by atoms with Gasteiger partial charge in [0.2, 0.25) is 10.0 Å². The van der Waals surface area contributed by atoms with Gasteiger partial charge >= 0.3 is 0 Å². The number of nitrogen functional groups attached to an aromatic ring is 1. The zero-order valence-corrected chi connectivity index (χ0v) is 18.8. The van der Waals surface area contributed by atoms with Gasteiger partial charge in [-0.2, -0.15) is 0 Å². The quantitative estimate of drug-likeness (QED) is 0.526. The number of carbonyl (C=O) groups is 1. The number of aromatic nitrogens is 2. The number of carbonyl (C=O) groups excluding carboxylic acids is 1. The molecule has 9 heteroatoms. The normalized spacial score (nSPS) is 13.5. The van der Waals surface area contributed by atoms with Crippen molar-refractivity contribution in [1.82, 2.24) is 20.0 Å². The molecule has 4 N–H and O–H groups in total. The van der Waals surface area contributed by atoms with Crippen molar-refractivity contribution in [2.24, 2.45) is 0 Å². The zero-order chi connectivity index (χ0) is 22.9. The number of nitrogens with one attached hydrogen (secondary N) is 2. The van der Waals surface area contributed by atoms with Gasteiger partial charge in [0.1, 0.15) is 11.5 Å². The van der Waals surface area contributed by atoms with Crippen LogP contribution >= 0.6 is 0 Å². The molecule has 3 aromatic rings. The number of hydrogen-bond acceptors (Lipinski definition) is 6. The summed E-state index contributed by atoms with van der Waals surface area (Å²) in [5.41, 5.74) is 11.7. The van der Waals surface area contributed by atoms with E-state index in [1.165, 1.54) is 7.05 Å². The summed E-state index contributed by atoms with van der Waals surface area (Å²) >= 11 is 0. The fraction of sp³-hybridized carbons (Fsp3) is 0.261. The fourth-order valence-corrected chi connectivity index (χ4v) is 4.84. The van der Waals surface area contributed by atoms with Gasteiger partial charge in [0.05, 0.1) is 16.8 Å². The minimum atomic E-state index is -3.48. The average Bonchev–Trinajstić information content (AvgIpc) is 2.78. The number of sulfonamides is 1. The molecule has 0 spiro atoms. The third-order valence-corrected chi connectivity index (χ3v) is 7.20. The van der Waals surface area contributed by atoms with Crippen molar-refractivity contribution in [3.8, 4) is 11.3 Å². The van der Waals surface area contributed by atoms with Crippen LogP contribution < -0.4 is 15.8 Å². The van der Waals surface area contributed by atoms with Crippen molar-refractivity contribution in [3.63, 3.8) is 0 Å². The number of benzene rings is 2. The largest absolute Gasteiger partial charge is 0.382 e. The van der Waals surface area contributed by atoms with Crippen molar-refractivity contribution in [2.75, 3.05) is 19.3 Å². The van der Waals surface area contributed by atoms with E-state index in [-0.39, 0.29) is 10.8 Å². The summed E-state index contributed by atoms with van der Waals surface area (Å²) in [7, 11) is -2.08. The van der Waals surface area contributed by atoms with Crippen LogP contribution in [0.1, 0.15) is 32.7 Å². The molecule has 4 rings (SSSR count). The average molecular weight is 452 g/mol. The van der Waals surface area contributed by atoms with E-state index in [2.05, 4.69) is 15.0 Å². The Labute approximate surface area is 187 Å². The third kappa shape index (κ3) is 4.35. The highest BCUT2D eigenvalue weighted by atomic mass is 32.2. The molecule has 2 heterocycles. The van der Waals surface area contributed by atoms with Crippen molar-refractivity contribution in [3.05, 3.63) is 70.5 Å². The van der Waals surface area contributed by atoms with E-state index < -0.39 is 10.0 Å². The summed E-state index contributed by atoms with van der Waals surface area (Å²) in [5, 5.41) is 2.84. The molecule has 0 saturated heterocycles. The minimum absolute atomic E-state index is 0.0607. The number of nitrogens with zero attached hydrogens (tertiary/aromatic N) is 2. The van der Waals surface area contributed by atoms with E-state index in [1.54, 1.807) is 25.3 Å². The lowest BCUT2D eigenvalue weighted by molar-refractivity contribution is 0.0946. The molecular formula is C23H25N5O3S. The number of aryl methyl sites for hydroxylation is 3. The molecular weight excluding hydrogens is 426 g/mol. The van der Waals surface area contributed by atoms with Gasteiger partial charge in [-0.3, -0.25) is 4.79 Å². The van der Waals surface area contributed by atoms with Crippen LogP contribution in [0.5, 0.6) is 0 Å². The van der Waals surface area contributed by atoms with Crippen LogP contribution in [-0.4, -0.2) is 37.9 Å². The van der Waals surface area contributed by atoms with E-state index in [9.17, 15) is 13.2 Å². The predicted octanol–water partition coefficient (Wildman–Crippen LogP) is 2.01. The third-order valence-electron chi connectivity index (χ3n) is 5.62. The molecule has 0 fully saturated rings. The molecule has 1 aliphatic heterocycles. The number of rotatable bonds is 6. The smallest absolute Gasteiger partial charge is 0.251 e. The Morgan fingerprint density at radius 2 is 1.97 bits per heavy atom. The Balaban J connectivity index is 1.55. The van der Waals surface area contributed by atoms with Gasteiger partial charge in [-0.05, 0) is 68.1 Å². The molecule has 166 valence electrons. The number of anilines is 1. The summed E-state index contributed by atoms with van der Waals surface area (Å²) in [5.74, 6) is 0.279. The van der Waals surface area contributed by atoms with E-state index >= 15 is 0 Å². The van der Waals surface area contributed by atoms with Crippen LogP contribution in [-0.2, 0) is 29.3 Å². The molecule has 8 nitrogen and oxygen atoms in total. The van der Waals surface area contributed by atoms with E-state index in [0.717, 1.165) is 28.8 Å². The van der Waals surface area contributed by atoms with Crippen molar-refractivity contribution in [1.29, 1.82) is 0 Å². The van der Waals surface area contributed by atoms with Gasteiger partial charge in [-0.25, -0.2) is 23.1 Å². The maximum Gasteiger partial charge on any atom is 0.251 e. The maximum absolute atomic E-state index is 12.1. The summed E-state index contributed by atoms with van der Waals surface area (Å²) in [6.07, 6.45) is 3.74. The van der Waals surface area contributed by atoms with Gasteiger partial charge in [0.15, 0.2) is 0 Å². The fourth-order valence-electron chi connectivity index (χ4n) is 3.89. The summed E-state index contributed by atoms with van der Waals surface area (Å²) in [6, 6.07) is 10.9. The second kappa shape index (κ2) is 8.68. The van der Waals surface area contributed by atoms with Gasteiger partial charge in [-0.1, -0.05) is 18.2 Å². The number of nitrogens with two attached hydrogens (primary N) is 1. The molecule has 0 radical (unpaired) electrons. The standard InChI is InChI=1S/C23H25N5O3S/c1-14-11-15(4-8-20(14)32(30,31)25-2)3-6-18-13-27-22(24)21(28-18)17-5-7-19-16(12-17)9-10-26-23(19)29/h4-5,7-8,11-13,25H,3,6,9-10H2,1-2H3,(H2,24,27)(H,26,29). The molecule has 0 atom stereocenters. The SMILES string of the molecule is CNS(=O)(=O)c1ccc(CCc2cnc(N)c(-c3ccc4c(c3)CCNC4=O)n2)cc1C. The first-order valence-electron chi connectivity index (χ1n) is 10.3. The molecule has 2 aromatic carbocycles. The molecule has 0 bridgehead atoms. The highest BCUT2D eigenvalue weighted by Crippen LogP contribution is 2.27. The highest BCUT2D eigenvalue weighted by Gasteiger charge is 2.18. The van der Waals surface area contributed by atoms with Crippen molar-refractivity contribution in [2.45, 2.75) is 31.1 Å². The van der Waals surface area contributed by atoms with Gasteiger partial charge in [0, 0.05) is 17.7 Å². The van der Waals surface area contributed by atoms with Gasteiger partial charge in [0.25, 0.3) is 5.91 Å². The molecule has 32 heavy (non-hydrogen) atoms. The van der Waals surface area contributed by atoms with Crippen molar-refractivity contribution < 1.29 is 13.2 Å². The highest BCUT2D eigenvalue weighted by molar-refractivity contribution is 7.89. The number of fused-ring (bicyclic) bond motifs is 1. The zero-order valence-electron chi connectivity index (χ0n) is 18.0. The lowest BCUT2D eigenvalue weighted by Crippen LogP contribution is -2.31. The van der Waals surface area contributed by atoms with Crippen LogP contribution in [0.2, 0.25) is 0 Å². The summed E-state index contributed by atoms with van der Waals surface area (Å²) in [6.45, 7) is 2.40. The topological polar surface area (TPSA) is 127 Å². The molecule has 1 aliphatic rings. The number of hydrogen-bond donors (Lipinski definition) is 3. The van der Waals surface area contributed by atoms with Gasteiger partial charge in [-0.15, -0.1) is 0 Å². The first-order valence-corrected chi connectivity index (χ1v) is 11.8. The van der Waals surface area contributed by atoms with Crippen LogP contribution in [0.3, 0.4) is 0 Å². The summed E-state index contributed by atoms with van der Waals surface area (Å²) < 4.78 is 26.5. The lowest BCUT2D eigenvalue weighted by atomic mass is 9.96. The Bertz CT molecular complexity index is 1300. The summed E-state index contributed by atoms with van der Waals surface area (Å²) in [4.78, 5) is 21.3. The first kappa shape index (κ1) is 21.9. The van der Waals surface area contributed by atoms with E-state index in [0.29, 0.717) is 42.0 Å². The van der Waals surface area contributed by atoms with Crippen molar-refractivity contribution >= 4 is 21.7 Å². The Morgan fingerprint density at radius 1 is 1.16 bits per heavy atom. The Hall–Kier alpha value is -3.30.